The Hall–Kier alpha value is -0.610. The van der Waals surface area contributed by atoms with Gasteiger partial charge in [0.2, 0.25) is 0 Å². The first-order chi connectivity index (χ1) is 4.88. The van der Waals surface area contributed by atoms with Crippen LogP contribution in [0.4, 0.5) is 0 Å². The van der Waals surface area contributed by atoms with Crippen molar-refractivity contribution in [2.24, 2.45) is 0 Å². The summed E-state index contributed by atoms with van der Waals surface area (Å²) in [5.74, 6) is -0.0340. The molecule has 0 unspecified atom stereocenters. The molecule has 0 aromatic heterocycles. The van der Waals surface area contributed by atoms with E-state index >= 15 is 0 Å². The largest absolute Gasteiger partial charge is 0.377 e. The maximum Gasteiger partial charge on any atom is 0.252 e. The highest BCUT2D eigenvalue weighted by Gasteiger charge is 2.34. The van der Waals surface area contributed by atoms with Crippen molar-refractivity contribution in [1.82, 2.24) is 5.06 Å². The first kappa shape index (κ1) is 6.12. The maximum absolute atomic E-state index is 10.9. The number of nitrogens with zero attached hydrogens (tertiary/aromatic N) is 1. The molecule has 10 heavy (non-hydrogen) atoms. The van der Waals surface area contributed by atoms with Crippen LogP contribution in [0.1, 0.15) is 0 Å². The molecule has 0 N–H and O–H groups in total. The van der Waals surface area contributed by atoms with Crippen LogP contribution in [-0.2, 0) is 14.4 Å². The summed E-state index contributed by atoms with van der Waals surface area (Å²) in [6.45, 7) is 1.63. The molecule has 2 rings (SSSR count). The molecule has 0 aromatic rings. The van der Waals surface area contributed by atoms with Crippen molar-refractivity contribution in [3.05, 3.63) is 6.42 Å². The van der Waals surface area contributed by atoms with E-state index in [0.717, 1.165) is 0 Å². The van der Waals surface area contributed by atoms with Crippen LogP contribution in [0.2, 0.25) is 0 Å². The average molecular weight is 142 g/mol. The summed E-state index contributed by atoms with van der Waals surface area (Å²) in [4.78, 5) is 15.9. The topological polar surface area (TPSA) is 38.8 Å². The van der Waals surface area contributed by atoms with Crippen LogP contribution in [0.25, 0.3) is 0 Å². The zero-order chi connectivity index (χ0) is 6.97. The van der Waals surface area contributed by atoms with Gasteiger partial charge in [0.15, 0.2) is 0 Å². The first-order valence-corrected chi connectivity index (χ1v) is 3.25. The predicted molar refractivity (Wildman–Crippen MR) is 31.7 cm³/mol. The summed E-state index contributed by atoms with van der Waals surface area (Å²) in [5.41, 5.74) is 0. The summed E-state index contributed by atoms with van der Waals surface area (Å²) in [7, 11) is 0. The average Bonchev–Trinajstić information content (AvgIpc) is 2.12. The number of hydroxylamine groups is 2. The molecule has 55 valence electrons. The number of carbonyl (C=O) groups excluding carboxylic acids is 1. The predicted octanol–water partition coefficient (Wildman–Crippen LogP) is -0.637. The van der Waals surface area contributed by atoms with Crippen LogP contribution in [0.3, 0.4) is 0 Å². The van der Waals surface area contributed by atoms with Gasteiger partial charge in [0, 0.05) is 0 Å². The van der Waals surface area contributed by atoms with E-state index in [1.54, 1.807) is 0 Å². The Labute approximate surface area is 58.7 Å². The Morgan fingerprint density at radius 3 is 2.80 bits per heavy atom. The fourth-order valence-corrected chi connectivity index (χ4v) is 0.986. The van der Waals surface area contributed by atoms with Crippen LogP contribution in [0, 0.1) is 6.42 Å². The minimum atomic E-state index is -0.0340. The number of ether oxygens (including phenoxy) is 1. The molecule has 2 aliphatic heterocycles. The van der Waals surface area contributed by atoms with Crippen molar-refractivity contribution in [3.8, 4) is 0 Å². The molecule has 0 atom stereocenters. The third-order valence-electron chi connectivity index (χ3n) is 1.64. The second kappa shape index (κ2) is 2.21. The highest BCUT2D eigenvalue weighted by molar-refractivity contribution is 5.85. The van der Waals surface area contributed by atoms with Gasteiger partial charge in [-0.15, -0.1) is 0 Å². The smallest absolute Gasteiger partial charge is 0.252 e. The summed E-state index contributed by atoms with van der Waals surface area (Å²) in [6.07, 6.45) is 1.53. The Morgan fingerprint density at radius 2 is 2.40 bits per heavy atom. The standard InChI is InChI=1S/C6H8NO3/c8-6-1-2-10-7(6)5-3-9-4-5/h1,5H,2-4H2. The van der Waals surface area contributed by atoms with Crippen LogP contribution in [-0.4, -0.2) is 36.8 Å². The fourth-order valence-electron chi connectivity index (χ4n) is 0.986. The van der Waals surface area contributed by atoms with Crippen molar-refractivity contribution in [2.45, 2.75) is 6.04 Å². The van der Waals surface area contributed by atoms with Crippen molar-refractivity contribution < 1.29 is 14.4 Å². The van der Waals surface area contributed by atoms with E-state index in [1.165, 1.54) is 11.5 Å². The van der Waals surface area contributed by atoms with Crippen LogP contribution < -0.4 is 0 Å². The van der Waals surface area contributed by atoms with Crippen molar-refractivity contribution in [1.29, 1.82) is 0 Å². The summed E-state index contributed by atoms with van der Waals surface area (Å²) in [6, 6.07) is 0.159. The zero-order valence-electron chi connectivity index (χ0n) is 5.45. The zero-order valence-corrected chi connectivity index (χ0v) is 5.45. The minimum Gasteiger partial charge on any atom is -0.377 e. The summed E-state index contributed by atoms with van der Waals surface area (Å²) in [5, 5.41) is 1.39. The molecular formula is C6H8NO3. The van der Waals surface area contributed by atoms with E-state index in [1.807, 2.05) is 0 Å². The molecule has 2 fully saturated rings. The van der Waals surface area contributed by atoms with E-state index in [0.29, 0.717) is 19.8 Å². The van der Waals surface area contributed by atoms with E-state index < -0.39 is 0 Å². The minimum absolute atomic E-state index is 0.0340. The van der Waals surface area contributed by atoms with Gasteiger partial charge in [0.25, 0.3) is 5.91 Å². The van der Waals surface area contributed by atoms with Crippen molar-refractivity contribution in [2.75, 3.05) is 19.8 Å². The van der Waals surface area contributed by atoms with E-state index in [4.69, 9.17) is 9.57 Å². The second-order valence-electron chi connectivity index (χ2n) is 2.36. The molecule has 2 aliphatic rings. The highest BCUT2D eigenvalue weighted by Crippen LogP contribution is 2.16. The number of hydrogen-bond donors (Lipinski definition) is 0. The van der Waals surface area contributed by atoms with Crippen LogP contribution in [0.5, 0.6) is 0 Å². The van der Waals surface area contributed by atoms with Crippen LogP contribution >= 0.6 is 0 Å². The summed E-state index contributed by atoms with van der Waals surface area (Å²) < 4.78 is 4.91. The molecule has 4 nitrogen and oxygen atoms in total. The van der Waals surface area contributed by atoms with Gasteiger partial charge in [-0.3, -0.25) is 9.63 Å². The first-order valence-electron chi connectivity index (χ1n) is 3.25. The highest BCUT2D eigenvalue weighted by atomic mass is 16.7. The Morgan fingerprint density at radius 1 is 1.60 bits per heavy atom. The van der Waals surface area contributed by atoms with Gasteiger partial charge in [-0.1, -0.05) is 0 Å². The quantitative estimate of drug-likeness (QED) is 0.489. The van der Waals surface area contributed by atoms with E-state index in [2.05, 4.69) is 0 Å². The molecule has 0 aliphatic carbocycles. The Balaban J connectivity index is 1.96. The van der Waals surface area contributed by atoms with Crippen molar-refractivity contribution in [3.63, 3.8) is 0 Å². The third kappa shape index (κ3) is 0.803. The van der Waals surface area contributed by atoms with Gasteiger partial charge in [0.05, 0.1) is 26.2 Å². The summed E-state index contributed by atoms with van der Waals surface area (Å²) >= 11 is 0. The third-order valence-corrected chi connectivity index (χ3v) is 1.64. The fraction of sp³-hybridized carbons (Fsp3) is 0.667. The molecule has 0 saturated carbocycles. The number of hydrogen-bond acceptors (Lipinski definition) is 3. The lowest BCUT2D eigenvalue weighted by atomic mass is 10.2. The normalized spacial score (nSPS) is 27.2. The molecule has 1 amide bonds. The monoisotopic (exact) mass is 142 g/mol. The van der Waals surface area contributed by atoms with Gasteiger partial charge in [0.1, 0.15) is 6.04 Å². The van der Waals surface area contributed by atoms with Gasteiger partial charge < -0.3 is 4.74 Å². The van der Waals surface area contributed by atoms with Gasteiger partial charge in [-0.2, -0.15) is 0 Å². The second-order valence-corrected chi connectivity index (χ2v) is 2.36. The van der Waals surface area contributed by atoms with Gasteiger partial charge in [-0.25, -0.2) is 5.06 Å². The van der Waals surface area contributed by atoms with E-state index in [-0.39, 0.29) is 11.9 Å². The maximum atomic E-state index is 10.9. The lowest BCUT2D eigenvalue weighted by Crippen LogP contribution is -2.48. The molecular weight excluding hydrogens is 134 g/mol. The Kier molecular flexibility index (Phi) is 1.35. The number of rotatable bonds is 1. The molecule has 4 heteroatoms. The lowest BCUT2D eigenvalue weighted by molar-refractivity contribution is -0.210. The molecule has 0 aromatic carbocycles. The van der Waals surface area contributed by atoms with Crippen LogP contribution in [0.15, 0.2) is 0 Å². The van der Waals surface area contributed by atoms with E-state index in [9.17, 15) is 4.79 Å². The molecule has 0 spiro atoms. The van der Waals surface area contributed by atoms with Crippen molar-refractivity contribution >= 4 is 5.91 Å². The Bertz CT molecular complexity index is 155. The molecule has 2 heterocycles. The van der Waals surface area contributed by atoms with Gasteiger partial charge >= 0.3 is 0 Å². The number of carbonyl (C=O) groups is 1. The lowest BCUT2D eigenvalue weighted by Gasteiger charge is -2.32. The molecule has 0 bridgehead atoms. The molecule has 1 radical (unpaired) electrons. The SMILES string of the molecule is O=C1[CH]CON1C1COC1. The molecule has 2 saturated heterocycles. The van der Waals surface area contributed by atoms with Gasteiger partial charge in [-0.05, 0) is 0 Å². The number of amides is 1.